The number of nitrogens with one attached hydrogen (secondary N) is 1. The van der Waals surface area contributed by atoms with Crippen molar-refractivity contribution in [2.45, 2.75) is 45.4 Å². The monoisotopic (exact) mass is 499 g/mol. The normalized spacial score (nSPS) is 11.9. The van der Waals surface area contributed by atoms with Crippen LogP contribution in [0.3, 0.4) is 0 Å². The minimum Gasteiger partial charge on any atom is -0.377 e. The first kappa shape index (κ1) is 22.1. The third-order valence-corrected chi connectivity index (χ3v) is 9.94. The Morgan fingerprint density at radius 1 is 0.618 bits per heavy atom. The highest BCUT2D eigenvalue weighted by atomic mass is 32.1. The molecule has 3 aromatic carbocycles. The topological polar surface area (TPSA) is 12.0 Å². The lowest BCUT2D eigenvalue weighted by atomic mass is 10.00. The molecule has 172 valence electrons. The zero-order valence-electron chi connectivity index (χ0n) is 19.5. The molecule has 3 heterocycles. The van der Waals surface area contributed by atoms with Crippen molar-refractivity contribution in [1.82, 2.24) is 0 Å². The van der Waals surface area contributed by atoms with E-state index in [4.69, 9.17) is 0 Å². The summed E-state index contributed by atoms with van der Waals surface area (Å²) in [5.41, 5.74) is 0. The fourth-order valence-electron chi connectivity index (χ4n) is 4.86. The molecule has 0 bridgehead atoms. The van der Waals surface area contributed by atoms with E-state index in [1.807, 2.05) is 34.0 Å². The zero-order chi connectivity index (χ0) is 22.9. The van der Waals surface area contributed by atoms with Gasteiger partial charge in [0.25, 0.3) is 0 Å². The van der Waals surface area contributed by atoms with Gasteiger partial charge in [0.05, 0.1) is 5.00 Å². The molecule has 0 aliphatic rings. The lowest BCUT2D eigenvalue weighted by molar-refractivity contribution is 0.617. The SMILES string of the molecule is CCCCCCCCNc1ccc(-c2cc3cc4ccc5cc6ccsc6cc5c4cc3s2)s1. The van der Waals surface area contributed by atoms with Crippen LogP contribution in [0.25, 0.3) is 51.5 Å². The van der Waals surface area contributed by atoms with Crippen molar-refractivity contribution >= 4 is 80.7 Å². The van der Waals surface area contributed by atoms with Gasteiger partial charge in [-0.1, -0.05) is 51.2 Å². The van der Waals surface area contributed by atoms with E-state index in [-0.39, 0.29) is 0 Å². The fourth-order valence-corrected chi connectivity index (χ4v) is 7.76. The molecule has 3 aromatic heterocycles. The highest BCUT2D eigenvalue weighted by Crippen LogP contribution is 2.41. The van der Waals surface area contributed by atoms with Crippen molar-refractivity contribution in [2.24, 2.45) is 0 Å². The molecule has 0 saturated heterocycles. The van der Waals surface area contributed by atoms with Crippen LogP contribution in [0.15, 0.2) is 66.0 Å². The summed E-state index contributed by atoms with van der Waals surface area (Å²) in [6.07, 6.45) is 8.05. The first-order valence-corrected chi connectivity index (χ1v) is 14.9. The van der Waals surface area contributed by atoms with Crippen molar-refractivity contribution in [3.63, 3.8) is 0 Å². The predicted molar refractivity (Wildman–Crippen MR) is 157 cm³/mol. The molecule has 0 saturated carbocycles. The Morgan fingerprint density at radius 3 is 2.24 bits per heavy atom. The molecule has 0 aliphatic carbocycles. The van der Waals surface area contributed by atoms with Gasteiger partial charge in [-0.05, 0) is 92.6 Å². The standard InChI is InChI=1S/C30H29NS3/c1-2-3-4-5-6-7-13-31-30-11-10-26(34-30)29-17-23-16-21-9-8-20-15-22-12-14-32-27(22)18-24(20)25(21)19-28(23)33-29/h8-12,14-19,31H,2-7,13H2,1H3. The average molecular weight is 500 g/mol. The summed E-state index contributed by atoms with van der Waals surface area (Å²) < 4.78 is 2.74. The molecule has 0 aliphatic heterocycles. The van der Waals surface area contributed by atoms with Crippen LogP contribution in [0.1, 0.15) is 45.4 Å². The van der Waals surface area contributed by atoms with Crippen LogP contribution >= 0.6 is 34.0 Å². The highest BCUT2D eigenvalue weighted by molar-refractivity contribution is 7.27. The molecule has 0 atom stereocenters. The summed E-state index contributed by atoms with van der Waals surface area (Å²) in [4.78, 5) is 2.73. The quantitative estimate of drug-likeness (QED) is 0.154. The maximum absolute atomic E-state index is 3.64. The van der Waals surface area contributed by atoms with Gasteiger partial charge in [-0.2, -0.15) is 0 Å². The predicted octanol–water partition coefficient (Wildman–Crippen LogP) is 10.9. The van der Waals surface area contributed by atoms with Crippen molar-refractivity contribution in [1.29, 1.82) is 0 Å². The van der Waals surface area contributed by atoms with E-state index in [1.165, 1.54) is 95.0 Å². The van der Waals surface area contributed by atoms with Crippen LogP contribution in [0.4, 0.5) is 5.00 Å². The van der Waals surface area contributed by atoms with Crippen LogP contribution in [0, 0.1) is 0 Å². The minimum absolute atomic E-state index is 1.08. The van der Waals surface area contributed by atoms with E-state index < -0.39 is 0 Å². The smallest absolute Gasteiger partial charge is 0.0889 e. The van der Waals surface area contributed by atoms with Gasteiger partial charge in [0, 0.05) is 25.7 Å². The maximum Gasteiger partial charge on any atom is 0.0889 e. The molecular formula is C30H29NS3. The maximum atomic E-state index is 3.64. The van der Waals surface area contributed by atoms with Crippen molar-refractivity contribution in [3.05, 3.63) is 66.0 Å². The van der Waals surface area contributed by atoms with Crippen LogP contribution in [-0.4, -0.2) is 6.54 Å². The molecule has 6 rings (SSSR count). The third kappa shape index (κ3) is 4.35. The first-order valence-electron chi connectivity index (χ1n) is 12.4. The molecule has 0 fully saturated rings. The second-order valence-electron chi connectivity index (χ2n) is 9.18. The summed E-state index contributed by atoms with van der Waals surface area (Å²) in [5, 5.41) is 15.2. The Bertz CT molecular complexity index is 1580. The second-order valence-corrected chi connectivity index (χ2v) is 12.3. The molecule has 0 unspecified atom stereocenters. The molecule has 34 heavy (non-hydrogen) atoms. The van der Waals surface area contributed by atoms with Gasteiger partial charge >= 0.3 is 0 Å². The van der Waals surface area contributed by atoms with E-state index in [2.05, 4.69) is 78.3 Å². The lowest BCUT2D eigenvalue weighted by Gasteiger charge is -2.05. The Kier molecular flexibility index (Phi) is 6.30. The van der Waals surface area contributed by atoms with E-state index in [9.17, 15) is 0 Å². The van der Waals surface area contributed by atoms with Crippen LogP contribution in [0.2, 0.25) is 0 Å². The summed E-state index contributed by atoms with van der Waals surface area (Å²) in [6.45, 7) is 3.35. The van der Waals surface area contributed by atoms with Gasteiger partial charge < -0.3 is 5.32 Å². The van der Waals surface area contributed by atoms with E-state index in [0.717, 1.165) is 6.54 Å². The molecule has 0 amide bonds. The fraction of sp³-hybridized carbons (Fsp3) is 0.267. The number of benzene rings is 3. The largest absolute Gasteiger partial charge is 0.377 e. The van der Waals surface area contributed by atoms with Crippen molar-refractivity contribution < 1.29 is 0 Å². The number of anilines is 1. The van der Waals surface area contributed by atoms with Crippen LogP contribution in [0.5, 0.6) is 0 Å². The molecule has 0 spiro atoms. The summed E-state index contributed by atoms with van der Waals surface area (Å²) in [5.74, 6) is 0. The minimum atomic E-state index is 1.08. The van der Waals surface area contributed by atoms with Gasteiger partial charge in [0.2, 0.25) is 0 Å². The number of thiophene rings is 3. The van der Waals surface area contributed by atoms with Crippen LogP contribution in [-0.2, 0) is 0 Å². The average Bonchev–Trinajstić information content (AvgIpc) is 3.59. The van der Waals surface area contributed by atoms with Crippen molar-refractivity contribution in [2.75, 3.05) is 11.9 Å². The summed E-state index contributed by atoms with van der Waals surface area (Å²) >= 11 is 5.63. The Labute approximate surface area is 213 Å². The van der Waals surface area contributed by atoms with Gasteiger partial charge in [-0.3, -0.25) is 0 Å². The van der Waals surface area contributed by atoms with E-state index in [1.54, 1.807) is 0 Å². The van der Waals surface area contributed by atoms with E-state index in [0.29, 0.717) is 0 Å². The number of hydrogen-bond acceptors (Lipinski definition) is 4. The lowest BCUT2D eigenvalue weighted by Crippen LogP contribution is -1.99. The highest BCUT2D eigenvalue weighted by Gasteiger charge is 2.11. The van der Waals surface area contributed by atoms with Gasteiger partial charge in [-0.15, -0.1) is 34.0 Å². The van der Waals surface area contributed by atoms with Gasteiger partial charge in [0.15, 0.2) is 0 Å². The molecule has 6 aromatic rings. The number of unbranched alkanes of at least 4 members (excludes halogenated alkanes) is 5. The number of fused-ring (bicyclic) bond motifs is 5. The Morgan fingerprint density at radius 2 is 1.38 bits per heavy atom. The summed E-state index contributed by atoms with van der Waals surface area (Å²) in [7, 11) is 0. The number of hydrogen-bond donors (Lipinski definition) is 1. The Hall–Kier alpha value is -2.40. The molecular weight excluding hydrogens is 471 g/mol. The molecule has 1 N–H and O–H groups in total. The number of rotatable bonds is 9. The summed E-state index contributed by atoms with van der Waals surface area (Å²) in [6, 6.07) is 23.1. The van der Waals surface area contributed by atoms with Gasteiger partial charge in [0.1, 0.15) is 0 Å². The van der Waals surface area contributed by atoms with E-state index >= 15 is 0 Å². The third-order valence-electron chi connectivity index (χ3n) is 6.72. The molecule has 4 heteroatoms. The first-order chi connectivity index (χ1) is 16.8. The molecule has 1 nitrogen and oxygen atoms in total. The molecule has 0 radical (unpaired) electrons. The second kappa shape index (κ2) is 9.69. The Balaban J connectivity index is 1.24. The zero-order valence-corrected chi connectivity index (χ0v) is 22.0. The van der Waals surface area contributed by atoms with Crippen LogP contribution < -0.4 is 5.32 Å². The van der Waals surface area contributed by atoms with Crippen molar-refractivity contribution in [3.8, 4) is 9.75 Å². The van der Waals surface area contributed by atoms with Gasteiger partial charge in [-0.25, -0.2) is 0 Å².